The Hall–Kier alpha value is -2.82. The van der Waals surface area contributed by atoms with E-state index < -0.39 is 0 Å². The van der Waals surface area contributed by atoms with Crippen LogP contribution >= 0.6 is 0 Å². The molecule has 1 unspecified atom stereocenters. The number of hydrogen-bond donors (Lipinski definition) is 3. The number of anilines is 2. The Bertz CT molecular complexity index is 903. The van der Waals surface area contributed by atoms with E-state index in [1.54, 1.807) is 12.1 Å². The van der Waals surface area contributed by atoms with Crippen LogP contribution in [0.15, 0.2) is 42.5 Å². The smallest absolute Gasteiger partial charge is 0.251 e. The summed E-state index contributed by atoms with van der Waals surface area (Å²) in [5, 5.41) is 6.16. The van der Waals surface area contributed by atoms with Crippen molar-refractivity contribution in [3.8, 4) is 0 Å². The minimum atomic E-state index is -0.117. The Balaban J connectivity index is 1.43. The second-order valence-corrected chi connectivity index (χ2v) is 8.28. The third kappa shape index (κ3) is 4.61. The van der Waals surface area contributed by atoms with Gasteiger partial charge in [-0.25, -0.2) is 0 Å². The SMILES string of the molecule is Nc1ccc2c(c1)CCCC2NC(=O)c1cccc(NC(=O)C2CCCCC2)c1. The van der Waals surface area contributed by atoms with Gasteiger partial charge in [0.2, 0.25) is 5.91 Å². The van der Waals surface area contributed by atoms with Gasteiger partial charge in [-0.2, -0.15) is 0 Å². The van der Waals surface area contributed by atoms with E-state index in [0.29, 0.717) is 11.3 Å². The van der Waals surface area contributed by atoms with Crippen molar-refractivity contribution in [2.24, 2.45) is 5.92 Å². The molecule has 0 saturated heterocycles. The number of nitrogens with one attached hydrogen (secondary N) is 2. The van der Waals surface area contributed by atoms with E-state index in [1.165, 1.54) is 12.0 Å². The van der Waals surface area contributed by atoms with Crippen LogP contribution in [0, 0.1) is 5.92 Å². The van der Waals surface area contributed by atoms with Gasteiger partial charge in [0.25, 0.3) is 5.91 Å². The molecule has 1 fully saturated rings. The molecular weight excluding hydrogens is 362 g/mol. The highest BCUT2D eigenvalue weighted by Crippen LogP contribution is 2.31. The Morgan fingerprint density at radius 2 is 1.76 bits per heavy atom. The molecule has 2 aliphatic rings. The fourth-order valence-electron chi connectivity index (χ4n) is 4.57. The predicted molar refractivity (Wildman–Crippen MR) is 116 cm³/mol. The number of nitrogen functional groups attached to an aromatic ring is 1. The molecule has 5 nitrogen and oxygen atoms in total. The molecule has 0 aliphatic heterocycles. The van der Waals surface area contributed by atoms with Crippen LogP contribution in [0.3, 0.4) is 0 Å². The number of nitrogens with two attached hydrogens (primary N) is 1. The summed E-state index contributed by atoms with van der Waals surface area (Å²) in [5.74, 6) is 0.0434. The summed E-state index contributed by atoms with van der Waals surface area (Å²) in [6, 6.07) is 13.1. The summed E-state index contributed by atoms with van der Waals surface area (Å²) in [4.78, 5) is 25.4. The van der Waals surface area contributed by atoms with Gasteiger partial charge < -0.3 is 16.4 Å². The number of aryl methyl sites for hydroxylation is 1. The number of rotatable bonds is 4. The maximum Gasteiger partial charge on any atom is 0.251 e. The average molecular weight is 392 g/mol. The van der Waals surface area contributed by atoms with E-state index in [0.717, 1.165) is 56.2 Å². The Morgan fingerprint density at radius 1 is 0.931 bits per heavy atom. The number of carbonyl (C=O) groups excluding carboxylic acids is 2. The summed E-state index contributed by atoms with van der Waals surface area (Å²) in [6.07, 6.45) is 8.31. The van der Waals surface area contributed by atoms with Crippen molar-refractivity contribution in [1.29, 1.82) is 0 Å². The zero-order valence-corrected chi connectivity index (χ0v) is 16.7. The standard InChI is InChI=1S/C24H29N3O2/c25-19-12-13-21-17(14-19)8-5-11-22(21)27-24(29)18-9-4-10-20(15-18)26-23(28)16-6-2-1-3-7-16/h4,9-10,12-16,22H,1-3,5-8,11,25H2,(H,26,28)(H,27,29). The van der Waals surface area contributed by atoms with Crippen molar-refractivity contribution in [2.45, 2.75) is 57.4 Å². The molecule has 1 saturated carbocycles. The zero-order chi connectivity index (χ0) is 20.2. The summed E-state index contributed by atoms with van der Waals surface area (Å²) < 4.78 is 0. The van der Waals surface area contributed by atoms with Gasteiger partial charge in [0, 0.05) is 22.9 Å². The van der Waals surface area contributed by atoms with E-state index >= 15 is 0 Å². The van der Waals surface area contributed by atoms with Gasteiger partial charge in [-0.15, -0.1) is 0 Å². The highest BCUT2D eigenvalue weighted by molar-refractivity contribution is 5.97. The van der Waals surface area contributed by atoms with Crippen molar-refractivity contribution >= 4 is 23.2 Å². The maximum atomic E-state index is 12.9. The van der Waals surface area contributed by atoms with Gasteiger partial charge in [0.05, 0.1) is 6.04 Å². The van der Waals surface area contributed by atoms with Crippen LogP contribution in [0.25, 0.3) is 0 Å². The first-order valence-electron chi connectivity index (χ1n) is 10.7. The lowest BCUT2D eigenvalue weighted by Gasteiger charge is -2.27. The molecule has 0 heterocycles. The number of hydrogen-bond acceptors (Lipinski definition) is 3. The molecule has 1 atom stereocenters. The van der Waals surface area contributed by atoms with Gasteiger partial charge >= 0.3 is 0 Å². The normalized spacial score (nSPS) is 19.2. The minimum Gasteiger partial charge on any atom is -0.399 e. The van der Waals surface area contributed by atoms with E-state index in [4.69, 9.17) is 5.73 Å². The Labute approximate surface area is 172 Å². The molecule has 0 radical (unpaired) electrons. The van der Waals surface area contributed by atoms with Crippen LogP contribution < -0.4 is 16.4 Å². The molecule has 29 heavy (non-hydrogen) atoms. The molecule has 2 amide bonds. The highest BCUT2D eigenvalue weighted by atomic mass is 16.2. The molecular formula is C24H29N3O2. The number of carbonyl (C=O) groups is 2. The lowest BCUT2D eigenvalue weighted by molar-refractivity contribution is -0.120. The van der Waals surface area contributed by atoms with Gasteiger partial charge in [-0.3, -0.25) is 9.59 Å². The zero-order valence-electron chi connectivity index (χ0n) is 16.7. The third-order valence-electron chi connectivity index (χ3n) is 6.15. The van der Waals surface area contributed by atoms with E-state index in [2.05, 4.69) is 10.6 Å². The summed E-state index contributed by atoms with van der Waals surface area (Å²) in [6.45, 7) is 0. The van der Waals surface area contributed by atoms with E-state index in [-0.39, 0.29) is 23.8 Å². The lowest BCUT2D eigenvalue weighted by Crippen LogP contribution is -2.31. The molecule has 0 aromatic heterocycles. The van der Waals surface area contributed by atoms with Crippen LogP contribution in [0.1, 0.15) is 72.5 Å². The predicted octanol–water partition coefficient (Wildman–Crippen LogP) is 4.60. The largest absolute Gasteiger partial charge is 0.399 e. The molecule has 2 aromatic rings. The monoisotopic (exact) mass is 391 g/mol. The minimum absolute atomic E-state index is 0.00710. The lowest BCUT2D eigenvalue weighted by atomic mass is 9.87. The van der Waals surface area contributed by atoms with Gasteiger partial charge in [-0.1, -0.05) is 31.4 Å². The summed E-state index contributed by atoms with van der Waals surface area (Å²) >= 11 is 0. The fourth-order valence-corrected chi connectivity index (χ4v) is 4.57. The van der Waals surface area contributed by atoms with Crippen molar-refractivity contribution < 1.29 is 9.59 Å². The molecule has 0 bridgehead atoms. The maximum absolute atomic E-state index is 12.9. The molecule has 5 heteroatoms. The van der Waals surface area contributed by atoms with Crippen LogP contribution in [-0.2, 0) is 11.2 Å². The first kappa shape index (κ1) is 19.5. The quantitative estimate of drug-likeness (QED) is 0.666. The van der Waals surface area contributed by atoms with Gasteiger partial charge in [0.1, 0.15) is 0 Å². The first-order valence-corrected chi connectivity index (χ1v) is 10.7. The highest BCUT2D eigenvalue weighted by Gasteiger charge is 2.23. The van der Waals surface area contributed by atoms with Crippen molar-refractivity contribution in [3.63, 3.8) is 0 Å². The van der Waals surface area contributed by atoms with E-state index in [1.807, 2.05) is 30.3 Å². The molecule has 2 aliphatic carbocycles. The van der Waals surface area contributed by atoms with Crippen LogP contribution in [-0.4, -0.2) is 11.8 Å². The second-order valence-electron chi connectivity index (χ2n) is 8.28. The molecule has 152 valence electrons. The number of benzene rings is 2. The average Bonchev–Trinajstić information content (AvgIpc) is 2.74. The number of fused-ring (bicyclic) bond motifs is 1. The first-order chi connectivity index (χ1) is 14.1. The van der Waals surface area contributed by atoms with Gasteiger partial charge in [0.15, 0.2) is 0 Å². The number of amides is 2. The topological polar surface area (TPSA) is 84.2 Å². The summed E-state index contributed by atoms with van der Waals surface area (Å²) in [5.41, 5.74) is 10.3. The Morgan fingerprint density at radius 3 is 2.59 bits per heavy atom. The Kier molecular flexibility index (Phi) is 5.84. The van der Waals surface area contributed by atoms with Crippen molar-refractivity contribution in [2.75, 3.05) is 11.1 Å². The third-order valence-corrected chi connectivity index (χ3v) is 6.15. The van der Waals surface area contributed by atoms with Crippen LogP contribution in [0.4, 0.5) is 11.4 Å². The fraction of sp³-hybridized carbons (Fsp3) is 0.417. The second kappa shape index (κ2) is 8.68. The molecule has 4 rings (SSSR count). The van der Waals surface area contributed by atoms with E-state index in [9.17, 15) is 9.59 Å². The molecule has 0 spiro atoms. The van der Waals surface area contributed by atoms with Crippen molar-refractivity contribution in [1.82, 2.24) is 5.32 Å². The van der Waals surface area contributed by atoms with Crippen LogP contribution in [0.2, 0.25) is 0 Å². The summed E-state index contributed by atoms with van der Waals surface area (Å²) in [7, 11) is 0. The van der Waals surface area contributed by atoms with Gasteiger partial charge in [-0.05, 0) is 73.6 Å². The molecule has 4 N–H and O–H groups in total. The van der Waals surface area contributed by atoms with Crippen molar-refractivity contribution in [3.05, 3.63) is 59.2 Å². The van der Waals surface area contributed by atoms with Crippen LogP contribution in [0.5, 0.6) is 0 Å². The molecule has 2 aromatic carbocycles.